The van der Waals surface area contributed by atoms with E-state index in [2.05, 4.69) is 22.2 Å². The van der Waals surface area contributed by atoms with Crippen LogP contribution in [-0.2, 0) is 35.9 Å². The molecule has 0 rings (SSSR count). The summed E-state index contributed by atoms with van der Waals surface area (Å²) in [6.45, 7) is 0. The standard InChI is InChI=1S/C3H11O10P3/c1-9-15(7,10-2)13-16(8,11-3)12-14(4,5)6/h1-3H3,(H2,4,5,6). The van der Waals surface area contributed by atoms with Crippen molar-refractivity contribution in [2.24, 2.45) is 0 Å². The highest BCUT2D eigenvalue weighted by molar-refractivity contribution is 7.67. The van der Waals surface area contributed by atoms with E-state index in [9.17, 15) is 13.7 Å². The van der Waals surface area contributed by atoms with E-state index in [-0.39, 0.29) is 0 Å². The van der Waals surface area contributed by atoms with Crippen LogP contribution in [0.4, 0.5) is 0 Å². The van der Waals surface area contributed by atoms with Crippen LogP contribution in [0.15, 0.2) is 0 Å². The third-order valence-corrected chi connectivity index (χ3v) is 5.67. The number of hydrogen-bond acceptors (Lipinski definition) is 8. The number of hydrogen-bond donors (Lipinski definition) is 2. The average Bonchev–Trinajstić information content (AvgIpc) is 2.15. The number of phosphoric ester groups is 1. The predicted molar refractivity (Wildman–Crippen MR) is 50.5 cm³/mol. The van der Waals surface area contributed by atoms with Gasteiger partial charge in [0.15, 0.2) is 0 Å². The van der Waals surface area contributed by atoms with Gasteiger partial charge in [0, 0.05) is 21.3 Å². The largest absolute Gasteiger partial charge is 0.492 e. The van der Waals surface area contributed by atoms with Crippen LogP contribution in [0.3, 0.4) is 0 Å². The maximum Gasteiger partial charge on any atom is 0.492 e. The first-order valence-electron chi connectivity index (χ1n) is 3.45. The van der Waals surface area contributed by atoms with Crippen LogP contribution < -0.4 is 0 Å². The zero-order chi connectivity index (χ0) is 13.0. The van der Waals surface area contributed by atoms with Gasteiger partial charge in [0.1, 0.15) is 0 Å². The van der Waals surface area contributed by atoms with Crippen molar-refractivity contribution in [1.82, 2.24) is 0 Å². The molecule has 0 aromatic rings. The van der Waals surface area contributed by atoms with E-state index in [1.807, 2.05) is 0 Å². The topological polar surface area (TPSA) is 138 Å². The molecule has 13 heteroatoms. The average molecular weight is 300 g/mol. The monoisotopic (exact) mass is 300 g/mol. The number of rotatable bonds is 7. The quantitative estimate of drug-likeness (QED) is 0.660. The lowest BCUT2D eigenvalue weighted by Crippen LogP contribution is -1.98. The van der Waals surface area contributed by atoms with Crippen molar-refractivity contribution in [3.8, 4) is 0 Å². The molecule has 1 atom stereocenters. The molecule has 1 unspecified atom stereocenters. The highest BCUT2D eigenvalue weighted by atomic mass is 31.3. The molecule has 0 aliphatic heterocycles. The minimum Gasteiger partial charge on any atom is -0.302 e. The molecule has 0 saturated heterocycles. The normalized spacial score (nSPS) is 17.1. The molecule has 0 aliphatic rings. The van der Waals surface area contributed by atoms with Crippen molar-refractivity contribution in [1.29, 1.82) is 0 Å². The Kier molecular flexibility index (Phi) is 5.99. The smallest absolute Gasteiger partial charge is 0.302 e. The minimum atomic E-state index is -5.16. The Morgan fingerprint density at radius 1 is 0.750 bits per heavy atom. The summed E-state index contributed by atoms with van der Waals surface area (Å²) in [7, 11) is -11.6. The third kappa shape index (κ3) is 5.65. The van der Waals surface area contributed by atoms with Gasteiger partial charge in [-0.05, 0) is 0 Å². The van der Waals surface area contributed by atoms with Crippen LogP contribution in [0.5, 0.6) is 0 Å². The molecule has 2 N–H and O–H groups in total. The Morgan fingerprint density at radius 2 is 1.12 bits per heavy atom. The van der Waals surface area contributed by atoms with E-state index < -0.39 is 23.5 Å². The van der Waals surface area contributed by atoms with Crippen molar-refractivity contribution in [2.75, 3.05) is 21.3 Å². The van der Waals surface area contributed by atoms with Crippen LogP contribution in [0.25, 0.3) is 0 Å². The van der Waals surface area contributed by atoms with Crippen molar-refractivity contribution < 1.29 is 45.7 Å². The van der Waals surface area contributed by atoms with Crippen LogP contribution >= 0.6 is 23.5 Å². The molecule has 0 aromatic carbocycles. The molecular weight excluding hydrogens is 289 g/mol. The highest BCUT2D eigenvalue weighted by Crippen LogP contribution is 2.69. The lowest BCUT2D eigenvalue weighted by molar-refractivity contribution is 0.163. The Morgan fingerprint density at radius 3 is 1.38 bits per heavy atom. The summed E-state index contributed by atoms with van der Waals surface area (Å²) < 4.78 is 53.7. The van der Waals surface area contributed by atoms with Crippen LogP contribution in [0.1, 0.15) is 0 Å². The Labute approximate surface area is 91.3 Å². The minimum absolute atomic E-state index is 0.770. The summed E-state index contributed by atoms with van der Waals surface area (Å²) in [4.78, 5) is 16.8. The molecule has 0 fully saturated rings. The van der Waals surface area contributed by atoms with Gasteiger partial charge in [0.25, 0.3) is 0 Å². The van der Waals surface area contributed by atoms with Gasteiger partial charge in [-0.25, -0.2) is 13.7 Å². The first-order valence-corrected chi connectivity index (χ1v) is 7.90. The van der Waals surface area contributed by atoms with Gasteiger partial charge in [0.05, 0.1) is 0 Å². The molecule has 0 heterocycles. The maximum atomic E-state index is 11.4. The van der Waals surface area contributed by atoms with E-state index in [1.54, 1.807) is 0 Å². The summed E-state index contributed by atoms with van der Waals surface area (Å²) in [5.41, 5.74) is 0. The second-order valence-electron chi connectivity index (χ2n) is 2.10. The van der Waals surface area contributed by atoms with Gasteiger partial charge in [-0.1, -0.05) is 0 Å². The maximum absolute atomic E-state index is 11.4. The molecule has 16 heavy (non-hydrogen) atoms. The summed E-state index contributed by atoms with van der Waals surface area (Å²) in [6, 6.07) is 0. The van der Waals surface area contributed by atoms with Crippen molar-refractivity contribution in [3.05, 3.63) is 0 Å². The summed E-state index contributed by atoms with van der Waals surface area (Å²) >= 11 is 0. The molecule has 0 radical (unpaired) electrons. The van der Waals surface area contributed by atoms with Crippen LogP contribution in [-0.4, -0.2) is 31.1 Å². The molecule has 0 amide bonds. The lowest BCUT2D eigenvalue weighted by atomic mass is 11.8. The van der Waals surface area contributed by atoms with E-state index >= 15 is 0 Å². The molecule has 10 nitrogen and oxygen atoms in total. The zero-order valence-corrected chi connectivity index (χ0v) is 11.2. The van der Waals surface area contributed by atoms with Crippen LogP contribution in [0, 0.1) is 0 Å². The Bertz CT molecular complexity index is 348. The van der Waals surface area contributed by atoms with E-state index in [1.165, 1.54) is 0 Å². The molecule has 0 saturated carbocycles. The van der Waals surface area contributed by atoms with Gasteiger partial charge in [-0.15, -0.1) is 0 Å². The second kappa shape index (κ2) is 5.84. The van der Waals surface area contributed by atoms with Gasteiger partial charge >= 0.3 is 23.5 Å². The molecule has 0 bridgehead atoms. The molecule has 0 aliphatic carbocycles. The van der Waals surface area contributed by atoms with Crippen molar-refractivity contribution >= 4 is 23.5 Å². The first-order chi connectivity index (χ1) is 7.10. The third-order valence-electron chi connectivity index (χ3n) is 1.08. The fourth-order valence-electron chi connectivity index (χ4n) is 0.476. The Hall–Kier alpha value is 0.410. The van der Waals surface area contributed by atoms with Gasteiger partial charge in [-0.2, -0.15) is 8.62 Å². The second-order valence-corrected chi connectivity index (χ2v) is 7.27. The summed E-state index contributed by atoms with van der Waals surface area (Å²) in [5, 5.41) is 0. The fraction of sp³-hybridized carbons (Fsp3) is 1.00. The van der Waals surface area contributed by atoms with Crippen molar-refractivity contribution in [3.63, 3.8) is 0 Å². The van der Waals surface area contributed by atoms with Crippen molar-refractivity contribution in [2.45, 2.75) is 0 Å². The first kappa shape index (κ1) is 16.4. The predicted octanol–water partition coefficient (Wildman–Crippen LogP) is 1.27. The van der Waals surface area contributed by atoms with Gasteiger partial charge in [0.2, 0.25) is 0 Å². The fourth-order valence-corrected chi connectivity index (χ4v) is 4.10. The van der Waals surface area contributed by atoms with E-state index in [0.29, 0.717) is 0 Å². The zero-order valence-electron chi connectivity index (χ0n) is 8.50. The van der Waals surface area contributed by atoms with E-state index in [4.69, 9.17) is 9.79 Å². The molecule has 98 valence electrons. The van der Waals surface area contributed by atoms with E-state index in [0.717, 1.165) is 21.3 Å². The molecule has 0 spiro atoms. The van der Waals surface area contributed by atoms with Crippen LogP contribution in [0.2, 0.25) is 0 Å². The van der Waals surface area contributed by atoms with Gasteiger partial charge < -0.3 is 9.79 Å². The van der Waals surface area contributed by atoms with Gasteiger partial charge in [-0.3, -0.25) is 13.6 Å². The Balaban J connectivity index is 4.94. The lowest BCUT2D eigenvalue weighted by Gasteiger charge is -2.19. The number of phosphoric acid groups is 3. The SMILES string of the molecule is COP(=O)(OC)OP(=O)(OC)OP(=O)(O)O. The molecular formula is C3H11O10P3. The summed E-state index contributed by atoms with van der Waals surface area (Å²) in [6.07, 6.45) is 0. The molecule has 0 aromatic heterocycles. The summed E-state index contributed by atoms with van der Waals surface area (Å²) in [5.74, 6) is 0. The highest BCUT2D eigenvalue weighted by Gasteiger charge is 2.43.